The van der Waals surface area contributed by atoms with Gasteiger partial charge >= 0.3 is 0 Å². The second-order valence-electron chi connectivity index (χ2n) is 7.90. The summed E-state index contributed by atoms with van der Waals surface area (Å²) in [5, 5.41) is 0. The normalized spacial score (nSPS) is 28.4. The molecule has 1 aromatic heterocycles. The van der Waals surface area contributed by atoms with Crippen LogP contribution in [0.4, 0.5) is 0 Å². The van der Waals surface area contributed by atoms with Crippen LogP contribution in [0.2, 0.25) is 19.6 Å². The van der Waals surface area contributed by atoms with Gasteiger partial charge in [0, 0.05) is 24.2 Å². The third kappa shape index (κ3) is 2.57. The van der Waals surface area contributed by atoms with Crippen molar-refractivity contribution in [3.05, 3.63) is 16.8 Å². The molecule has 0 bridgehead atoms. The zero-order chi connectivity index (χ0) is 15.4. The Morgan fingerprint density at radius 3 is 2.33 bits per heavy atom. The standard InChI is InChI=1S/C17H29NO2Si/c1-17(20-21(4,5)6)11-14(17)15-12-9-7-8-10-13(12)16(19-3)18(15)2/h14H,7-11H2,1-6H3/t14-,17+/m1/s1. The second kappa shape index (κ2) is 4.88. The predicted molar refractivity (Wildman–Crippen MR) is 88.8 cm³/mol. The first-order valence-corrected chi connectivity index (χ1v) is 11.6. The number of fused-ring (bicyclic) bond motifs is 1. The fourth-order valence-electron chi connectivity index (χ4n) is 4.19. The summed E-state index contributed by atoms with van der Waals surface area (Å²) in [5.41, 5.74) is 4.56. The van der Waals surface area contributed by atoms with Gasteiger partial charge in [-0.3, -0.25) is 0 Å². The smallest absolute Gasteiger partial charge is 0.196 e. The molecule has 118 valence electrons. The summed E-state index contributed by atoms with van der Waals surface area (Å²) in [6, 6.07) is 0. The lowest BCUT2D eigenvalue weighted by Gasteiger charge is -2.25. The van der Waals surface area contributed by atoms with Crippen LogP contribution in [0.15, 0.2) is 0 Å². The Kier molecular flexibility index (Phi) is 3.53. The van der Waals surface area contributed by atoms with Crippen LogP contribution >= 0.6 is 0 Å². The molecule has 3 nitrogen and oxygen atoms in total. The minimum Gasteiger partial charge on any atom is -0.482 e. The molecule has 1 saturated carbocycles. The first kappa shape index (κ1) is 15.2. The zero-order valence-electron chi connectivity index (χ0n) is 14.4. The minimum atomic E-state index is -1.50. The lowest BCUT2D eigenvalue weighted by atomic mass is 9.92. The highest BCUT2D eigenvalue weighted by atomic mass is 28.4. The maximum atomic E-state index is 6.48. The van der Waals surface area contributed by atoms with Crippen molar-refractivity contribution in [2.45, 2.75) is 70.2 Å². The van der Waals surface area contributed by atoms with Crippen LogP contribution in [0.5, 0.6) is 5.88 Å². The highest BCUT2D eigenvalue weighted by Gasteiger charge is 2.56. The number of hydrogen-bond donors (Lipinski definition) is 0. The van der Waals surface area contributed by atoms with Gasteiger partial charge in [-0.25, -0.2) is 0 Å². The molecule has 0 N–H and O–H groups in total. The molecule has 1 fully saturated rings. The van der Waals surface area contributed by atoms with E-state index in [1.807, 2.05) is 0 Å². The Hall–Kier alpha value is -0.743. The Labute approximate surface area is 129 Å². The van der Waals surface area contributed by atoms with Crippen LogP contribution in [-0.4, -0.2) is 25.6 Å². The Balaban J connectivity index is 1.96. The molecule has 0 aromatic carbocycles. The Morgan fingerprint density at radius 1 is 1.14 bits per heavy atom. The van der Waals surface area contributed by atoms with Gasteiger partial charge < -0.3 is 13.7 Å². The molecular formula is C17H29NO2Si. The van der Waals surface area contributed by atoms with E-state index in [1.54, 1.807) is 12.7 Å². The fourth-order valence-corrected chi connectivity index (χ4v) is 5.81. The molecule has 2 atom stereocenters. The van der Waals surface area contributed by atoms with E-state index in [4.69, 9.17) is 9.16 Å². The van der Waals surface area contributed by atoms with Crippen LogP contribution in [-0.2, 0) is 24.3 Å². The summed E-state index contributed by atoms with van der Waals surface area (Å²) in [6.45, 7) is 9.16. The molecule has 0 unspecified atom stereocenters. The van der Waals surface area contributed by atoms with Crippen molar-refractivity contribution in [3.8, 4) is 5.88 Å². The van der Waals surface area contributed by atoms with Gasteiger partial charge in [-0.1, -0.05) is 0 Å². The van der Waals surface area contributed by atoms with Crippen LogP contribution in [0.1, 0.15) is 48.9 Å². The van der Waals surface area contributed by atoms with Gasteiger partial charge in [0.05, 0.1) is 12.7 Å². The fraction of sp³-hybridized carbons (Fsp3) is 0.765. The maximum Gasteiger partial charge on any atom is 0.196 e. The molecule has 0 radical (unpaired) electrons. The van der Waals surface area contributed by atoms with Gasteiger partial charge in [-0.05, 0) is 64.2 Å². The number of rotatable bonds is 4. The highest BCUT2D eigenvalue weighted by molar-refractivity contribution is 6.69. The lowest BCUT2D eigenvalue weighted by Crippen LogP contribution is -2.32. The van der Waals surface area contributed by atoms with E-state index in [1.165, 1.54) is 36.9 Å². The first-order valence-electron chi connectivity index (χ1n) is 8.21. The maximum absolute atomic E-state index is 6.48. The van der Waals surface area contributed by atoms with E-state index in [2.05, 4.69) is 38.2 Å². The summed E-state index contributed by atoms with van der Waals surface area (Å²) in [6.07, 6.45) is 6.14. The summed E-state index contributed by atoms with van der Waals surface area (Å²) in [7, 11) is 2.47. The third-order valence-electron chi connectivity index (χ3n) is 4.95. The first-order chi connectivity index (χ1) is 9.77. The molecule has 0 saturated heterocycles. The monoisotopic (exact) mass is 307 g/mol. The van der Waals surface area contributed by atoms with Gasteiger partial charge in [0.15, 0.2) is 14.2 Å². The van der Waals surface area contributed by atoms with Crippen molar-refractivity contribution in [2.75, 3.05) is 7.11 Å². The van der Waals surface area contributed by atoms with Crippen molar-refractivity contribution in [2.24, 2.45) is 7.05 Å². The van der Waals surface area contributed by atoms with Crippen molar-refractivity contribution in [1.82, 2.24) is 4.57 Å². The van der Waals surface area contributed by atoms with Crippen LogP contribution in [0.3, 0.4) is 0 Å². The number of ether oxygens (including phenoxy) is 1. The van der Waals surface area contributed by atoms with Crippen molar-refractivity contribution < 1.29 is 9.16 Å². The number of aromatic nitrogens is 1. The summed E-state index contributed by atoms with van der Waals surface area (Å²) < 4.78 is 14.5. The lowest BCUT2D eigenvalue weighted by molar-refractivity contribution is 0.183. The largest absolute Gasteiger partial charge is 0.482 e. The molecule has 0 spiro atoms. The van der Waals surface area contributed by atoms with E-state index in [0.717, 1.165) is 12.3 Å². The molecule has 2 aliphatic carbocycles. The van der Waals surface area contributed by atoms with E-state index >= 15 is 0 Å². The highest BCUT2D eigenvalue weighted by Crippen LogP contribution is 2.57. The summed E-state index contributed by atoms with van der Waals surface area (Å²) >= 11 is 0. The Morgan fingerprint density at radius 2 is 1.76 bits per heavy atom. The van der Waals surface area contributed by atoms with Crippen LogP contribution in [0, 0.1) is 0 Å². The van der Waals surface area contributed by atoms with Crippen molar-refractivity contribution >= 4 is 8.32 Å². The molecule has 2 aliphatic rings. The number of hydrogen-bond acceptors (Lipinski definition) is 2. The zero-order valence-corrected chi connectivity index (χ0v) is 15.4. The number of nitrogens with zero attached hydrogens (tertiary/aromatic N) is 1. The van der Waals surface area contributed by atoms with Gasteiger partial charge in [0.1, 0.15) is 0 Å². The predicted octanol–water partition coefficient (Wildman–Crippen LogP) is 4.01. The quantitative estimate of drug-likeness (QED) is 0.785. The van der Waals surface area contributed by atoms with E-state index in [9.17, 15) is 0 Å². The van der Waals surface area contributed by atoms with Crippen molar-refractivity contribution in [1.29, 1.82) is 0 Å². The second-order valence-corrected chi connectivity index (χ2v) is 12.3. The molecule has 3 rings (SSSR count). The van der Waals surface area contributed by atoms with E-state index in [-0.39, 0.29) is 5.60 Å². The third-order valence-corrected chi connectivity index (χ3v) is 6.03. The van der Waals surface area contributed by atoms with Gasteiger partial charge in [0.2, 0.25) is 0 Å². The van der Waals surface area contributed by atoms with Crippen molar-refractivity contribution in [3.63, 3.8) is 0 Å². The van der Waals surface area contributed by atoms with Crippen LogP contribution in [0.25, 0.3) is 0 Å². The summed E-state index contributed by atoms with van der Waals surface area (Å²) in [4.78, 5) is 0. The van der Waals surface area contributed by atoms with E-state index < -0.39 is 8.32 Å². The van der Waals surface area contributed by atoms with Gasteiger partial charge in [-0.15, -0.1) is 0 Å². The molecule has 1 aromatic rings. The van der Waals surface area contributed by atoms with Gasteiger partial charge in [0.25, 0.3) is 0 Å². The topological polar surface area (TPSA) is 23.4 Å². The molecule has 0 amide bonds. The SMILES string of the molecule is COc1c2c(c([C@H]3C[C@]3(C)O[Si](C)(C)C)n1C)CCCC2. The number of methoxy groups -OCH3 is 1. The van der Waals surface area contributed by atoms with E-state index in [0.29, 0.717) is 5.92 Å². The summed E-state index contributed by atoms with van der Waals surface area (Å²) in [5.74, 6) is 1.63. The molecule has 1 heterocycles. The average molecular weight is 308 g/mol. The van der Waals surface area contributed by atoms with Gasteiger partial charge in [-0.2, -0.15) is 0 Å². The molecule has 4 heteroatoms. The average Bonchev–Trinajstić information content (AvgIpc) is 2.91. The Bertz CT molecular complexity index is 558. The molecule has 21 heavy (non-hydrogen) atoms. The molecular weight excluding hydrogens is 278 g/mol. The minimum absolute atomic E-state index is 0.0484. The van der Waals surface area contributed by atoms with Crippen LogP contribution < -0.4 is 4.74 Å². The molecule has 0 aliphatic heterocycles.